The van der Waals surface area contributed by atoms with Crippen molar-refractivity contribution in [3.8, 4) is 5.75 Å². The molecule has 0 radical (unpaired) electrons. The van der Waals surface area contributed by atoms with Gasteiger partial charge in [-0.2, -0.15) is 0 Å². The smallest absolute Gasteiger partial charge is 0.238 e. The van der Waals surface area contributed by atoms with Crippen molar-refractivity contribution in [2.45, 2.75) is 12.8 Å². The molecule has 2 rings (SSSR count). The molecule has 0 spiro atoms. The normalized spacial score (nSPS) is 19.2. The molecule has 0 saturated carbocycles. The summed E-state index contributed by atoms with van der Waals surface area (Å²) in [5, 5.41) is 6.13. The van der Waals surface area contributed by atoms with Crippen LogP contribution in [0.15, 0.2) is 24.3 Å². The molecule has 0 aromatic heterocycles. The van der Waals surface area contributed by atoms with E-state index in [4.69, 9.17) is 4.74 Å². The van der Waals surface area contributed by atoms with E-state index in [1.54, 1.807) is 7.11 Å². The monoisotopic (exact) mass is 291 g/mol. The number of amides is 1. The van der Waals surface area contributed by atoms with Gasteiger partial charge in [0.15, 0.2) is 0 Å². The van der Waals surface area contributed by atoms with Gasteiger partial charge in [0.2, 0.25) is 5.91 Å². The number of methoxy groups -OCH3 is 1. The highest BCUT2D eigenvalue weighted by molar-refractivity contribution is 5.92. The van der Waals surface area contributed by atoms with E-state index in [1.165, 1.54) is 19.4 Å². The molecule has 116 valence electrons. The first-order valence-corrected chi connectivity index (χ1v) is 7.50. The molecule has 1 amide bonds. The summed E-state index contributed by atoms with van der Waals surface area (Å²) < 4.78 is 5.14. The van der Waals surface area contributed by atoms with Crippen molar-refractivity contribution in [1.29, 1.82) is 0 Å². The maximum Gasteiger partial charge on any atom is 0.238 e. The first-order valence-electron chi connectivity index (χ1n) is 7.50. The maximum atomic E-state index is 11.9. The second-order valence-corrected chi connectivity index (χ2v) is 5.68. The lowest BCUT2D eigenvalue weighted by Crippen LogP contribution is -2.39. The topological polar surface area (TPSA) is 53.6 Å². The lowest BCUT2D eigenvalue weighted by molar-refractivity contribution is -0.115. The fourth-order valence-corrected chi connectivity index (χ4v) is 2.74. The Hall–Kier alpha value is -1.59. The number of carbonyl (C=O) groups is 1. The van der Waals surface area contributed by atoms with Crippen LogP contribution in [0.5, 0.6) is 5.75 Å². The van der Waals surface area contributed by atoms with Gasteiger partial charge >= 0.3 is 0 Å². The molecule has 1 aromatic carbocycles. The van der Waals surface area contributed by atoms with Gasteiger partial charge in [-0.25, -0.2) is 0 Å². The third-order valence-electron chi connectivity index (χ3n) is 3.79. The fourth-order valence-electron chi connectivity index (χ4n) is 2.74. The van der Waals surface area contributed by atoms with Gasteiger partial charge in [0.05, 0.1) is 13.7 Å². The summed E-state index contributed by atoms with van der Waals surface area (Å²) in [7, 11) is 3.77. The number of hydrogen-bond donors (Lipinski definition) is 2. The minimum atomic E-state index is -0.0209. The van der Waals surface area contributed by atoms with Gasteiger partial charge in [-0.1, -0.05) is 6.07 Å². The van der Waals surface area contributed by atoms with Crippen molar-refractivity contribution in [2.75, 3.05) is 45.7 Å². The average Bonchev–Trinajstić information content (AvgIpc) is 2.47. The van der Waals surface area contributed by atoms with Gasteiger partial charge in [-0.3, -0.25) is 4.79 Å². The molecule has 1 atom stereocenters. The standard InChI is InChI=1S/C16H25N3O2/c1-19-8-4-5-13(12-19)10-17-11-16(20)18-14-6-3-7-15(9-14)21-2/h3,6-7,9,13,17H,4-5,8,10-12H2,1-2H3,(H,18,20). The summed E-state index contributed by atoms with van der Waals surface area (Å²) in [6.45, 7) is 3.55. The van der Waals surface area contributed by atoms with E-state index in [0.29, 0.717) is 12.5 Å². The van der Waals surface area contributed by atoms with E-state index in [2.05, 4.69) is 22.6 Å². The Morgan fingerprint density at radius 3 is 3.10 bits per heavy atom. The van der Waals surface area contributed by atoms with Crippen molar-refractivity contribution >= 4 is 11.6 Å². The van der Waals surface area contributed by atoms with Crippen LogP contribution in [0.25, 0.3) is 0 Å². The number of likely N-dealkylation sites (tertiary alicyclic amines) is 1. The van der Waals surface area contributed by atoms with Crippen molar-refractivity contribution in [1.82, 2.24) is 10.2 Å². The third kappa shape index (κ3) is 5.36. The number of rotatable bonds is 6. The minimum absolute atomic E-state index is 0.0209. The Labute approximate surface area is 126 Å². The molecule has 2 N–H and O–H groups in total. The van der Waals surface area contributed by atoms with Crippen LogP contribution in [0.4, 0.5) is 5.69 Å². The van der Waals surface area contributed by atoms with Crippen LogP contribution in [0.3, 0.4) is 0 Å². The van der Waals surface area contributed by atoms with E-state index >= 15 is 0 Å². The second kappa shape index (κ2) is 8.00. The highest BCUT2D eigenvalue weighted by Gasteiger charge is 2.16. The Balaban J connectivity index is 1.69. The van der Waals surface area contributed by atoms with E-state index in [9.17, 15) is 4.79 Å². The number of benzene rings is 1. The first-order chi connectivity index (χ1) is 10.2. The quantitative estimate of drug-likeness (QED) is 0.835. The summed E-state index contributed by atoms with van der Waals surface area (Å²) in [5.41, 5.74) is 0.763. The molecular weight excluding hydrogens is 266 g/mol. The van der Waals surface area contributed by atoms with Crippen LogP contribution in [0.1, 0.15) is 12.8 Å². The lowest BCUT2D eigenvalue weighted by Gasteiger charge is -2.29. The molecule has 0 bridgehead atoms. The molecule has 1 fully saturated rings. The van der Waals surface area contributed by atoms with Crippen LogP contribution in [-0.2, 0) is 4.79 Å². The van der Waals surface area contributed by atoms with Crippen molar-refractivity contribution < 1.29 is 9.53 Å². The number of carbonyl (C=O) groups excluding carboxylic acids is 1. The van der Waals surface area contributed by atoms with Gasteiger partial charge in [-0.15, -0.1) is 0 Å². The van der Waals surface area contributed by atoms with Crippen molar-refractivity contribution in [2.24, 2.45) is 5.92 Å². The second-order valence-electron chi connectivity index (χ2n) is 5.68. The van der Waals surface area contributed by atoms with Gasteiger partial charge < -0.3 is 20.3 Å². The Kier molecular flexibility index (Phi) is 6.02. The van der Waals surface area contributed by atoms with E-state index in [-0.39, 0.29) is 5.91 Å². The molecule has 21 heavy (non-hydrogen) atoms. The van der Waals surface area contributed by atoms with Crippen LogP contribution < -0.4 is 15.4 Å². The number of nitrogens with zero attached hydrogens (tertiary/aromatic N) is 1. The Morgan fingerprint density at radius 2 is 2.33 bits per heavy atom. The van der Waals surface area contributed by atoms with Crippen LogP contribution >= 0.6 is 0 Å². The van der Waals surface area contributed by atoms with Crippen LogP contribution in [0, 0.1) is 5.92 Å². The zero-order valence-corrected chi connectivity index (χ0v) is 12.9. The molecule has 1 aliphatic rings. The number of nitrogens with one attached hydrogen (secondary N) is 2. The molecular formula is C16H25N3O2. The number of ether oxygens (including phenoxy) is 1. The van der Waals surface area contributed by atoms with Gasteiger partial charge in [-0.05, 0) is 51.0 Å². The van der Waals surface area contributed by atoms with Gasteiger partial charge in [0.1, 0.15) is 5.75 Å². The number of piperidine rings is 1. The predicted octanol–water partition coefficient (Wildman–Crippen LogP) is 1.57. The fraction of sp³-hybridized carbons (Fsp3) is 0.562. The molecule has 1 aliphatic heterocycles. The van der Waals surface area contributed by atoms with Crippen molar-refractivity contribution in [3.05, 3.63) is 24.3 Å². The number of hydrogen-bond acceptors (Lipinski definition) is 4. The van der Waals surface area contributed by atoms with E-state index in [0.717, 1.165) is 24.5 Å². The molecule has 0 aliphatic carbocycles. The maximum absolute atomic E-state index is 11.9. The molecule has 1 unspecified atom stereocenters. The van der Waals surface area contributed by atoms with Crippen LogP contribution in [0.2, 0.25) is 0 Å². The zero-order valence-electron chi connectivity index (χ0n) is 12.9. The largest absolute Gasteiger partial charge is 0.497 e. The van der Waals surface area contributed by atoms with Gasteiger partial charge in [0, 0.05) is 18.3 Å². The Morgan fingerprint density at radius 1 is 1.48 bits per heavy atom. The highest BCUT2D eigenvalue weighted by Crippen LogP contribution is 2.16. The molecule has 5 nitrogen and oxygen atoms in total. The van der Waals surface area contributed by atoms with Crippen molar-refractivity contribution in [3.63, 3.8) is 0 Å². The van der Waals surface area contributed by atoms with Gasteiger partial charge in [0.25, 0.3) is 0 Å². The van der Waals surface area contributed by atoms with Crippen LogP contribution in [-0.4, -0.2) is 51.1 Å². The summed E-state index contributed by atoms with van der Waals surface area (Å²) in [5.74, 6) is 1.37. The highest BCUT2D eigenvalue weighted by atomic mass is 16.5. The third-order valence-corrected chi connectivity index (χ3v) is 3.79. The summed E-state index contributed by atoms with van der Waals surface area (Å²) >= 11 is 0. The molecule has 1 saturated heterocycles. The predicted molar refractivity (Wildman–Crippen MR) is 84.7 cm³/mol. The number of anilines is 1. The minimum Gasteiger partial charge on any atom is -0.497 e. The summed E-state index contributed by atoms with van der Waals surface area (Å²) in [4.78, 5) is 14.2. The van der Waals surface area contributed by atoms with E-state index < -0.39 is 0 Å². The SMILES string of the molecule is COc1cccc(NC(=O)CNCC2CCCN(C)C2)c1. The molecule has 5 heteroatoms. The molecule has 1 heterocycles. The first kappa shape index (κ1) is 15.8. The Bertz CT molecular complexity index is 465. The summed E-state index contributed by atoms with van der Waals surface area (Å²) in [6, 6.07) is 7.39. The average molecular weight is 291 g/mol. The summed E-state index contributed by atoms with van der Waals surface area (Å²) in [6.07, 6.45) is 2.49. The lowest BCUT2D eigenvalue weighted by atomic mass is 9.98. The van der Waals surface area contributed by atoms with E-state index in [1.807, 2.05) is 24.3 Å². The zero-order chi connectivity index (χ0) is 15.1. The molecule has 1 aromatic rings.